The molecule has 0 spiro atoms. The number of guanidine groups is 1. The molecule has 0 bridgehead atoms. The van der Waals surface area contributed by atoms with Crippen molar-refractivity contribution < 1.29 is 8.78 Å². The van der Waals surface area contributed by atoms with Crippen LogP contribution in [0, 0.1) is 11.6 Å². The molecule has 0 aliphatic heterocycles. The highest BCUT2D eigenvalue weighted by Gasteiger charge is 2.11. The van der Waals surface area contributed by atoms with Crippen LogP contribution in [0.1, 0.15) is 32.3 Å². The normalized spacial score (nSPS) is 11.8. The van der Waals surface area contributed by atoms with Crippen LogP contribution >= 0.6 is 0 Å². The van der Waals surface area contributed by atoms with Crippen LogP contribution in [0.4, 0.5) is 8.78 Å². The second-order valence-corrected chi connectivity index (χ2v) is 4.32. The van der Waals surface area contributed by atoms with E-state index in [0.29, 0.717) is 18.1 Å². The second kappa shape index (κ2) is 7.71. The number of halogens is 2. The van der Waals surface area contributed by atoms with E-state index in [1.807, 2.05) is 20.8 Å². The van der Waals surface area contributed by atoms with E-state index < -0.39 is 11.6 Å². The van der Waals surface area contributed by atoms with E-state index in [9.17, 15) is 8.78 Å². The monoisotopic (exact) mass is 269 g/mol. The molecule has 0 aliphatic rings. The minimum atomic E-state index is -0.557. The third-order valence-electron chi connectivity index (χ3n) is 2.71. The van der Waals surface area contributed by atoms with Gasteiger partial charge < -0.3 is 10.6 Å². The summed E-state index contributed by atoms with van der Waals surface area (Å²) < 4.78 is 26.4. The first-order chi connectivity index (χ1) is 9.08. The van der Waals surface area contributed by atoms with E-state index in [0.717, 1.165) is 19.2 Å². The van der Waals surface area contributed by atoms with Gasteiger partial charge in [-0.05, 0) is 25.5 Å². The van der Waals surface area contributed by atoms with Gasteiger partial charge in [0.05, 0.1) is 0 Å². The molecular weight excluding hydrogens is 248 g/mol. The van der Waals surface area contributed by atoms with Crippen molar-refractivity contribution >= 4 is 5.96 Å². The molecule has 3 nitrogen and oxygen atoms in total. The number of benzene rings is 1. The molecule has 106 valence electrons. The average molecular weight is 269 g/mol. The third kappa shape index (κ3) is 4.85. The number of nitrogens with one attached hydrogen (secondary N) is 2. The molecule has 0 saturated heterocycles. The van der Waals surface area contributed by atoms with Crippen LogP contribution in [0.3, 0.4) is 0 Å². The zero-order chi connectivity index (χ0) is 14.3. The zero-order valence-corrected chi connectivity index (χ0v) is 11.6. The fraction of sp³-hybridized carbons (Fsp3) is 0.500. The SMILES string of the molecule is CCNC(=NCC(C)c1ccc(F)cc1F)NCC. The highest BCUT2D eigenvalue weighted by Crippen LogP contribution is 2.19. The van der Waals surface area contributed by atoms with Crippen molar-refractivity contribution in [2.75, 3.05) is 19.6 Å². The lowest BCUT2D eigenvalue weighted by Crippen LogP contribution is -2.37. The van der Waals surface area contributed by atoms with E-state index in [4.69, 9.17) is 0 Å². The summed E-state index contributed by atoms with van der Waals surface area (Å²) in [7, 11) is 0. The summed E-state index contributed by atoms with van der Waals surface area (Å²) >= 11 is 0. The average Bonchev–Trinajstić information content (AvgIpc) is 2.36. The summed E-state index contributed by atoms with van der Waals surface area (Å²) in [6, 6.07) is 3.66. The minimum absolute atomic E-state index is 0.104. The van der Waals surface area contributed by atoms with E-state index in [2.05, 4.69) is 15.6 Å². The standard InChI is InChI=1S/C14H21F2N3/c1-4-17-14(18-5-2)19-9-10(3)12-7-6-11(15)8-13(12)16/h6-8,10H,4-5,9H2,1-3H3,(H2,17,18,19). The third-order valence-corrected chi connectivity index (χ3v) is 2.71. The Morgan fingerprint density at radius 1 is 1.21 bits per heavy atom. The predicted octanol–water partition coefficient (Wildman–Crippen LogP) is 2.64. The van der Waals surface area contributed by atoms with Crippen LogP contribution in [0.2, 0.25) is 0 Å². The maximum absolute atomic E-state index is 13.6. The van der Waals surface area contributed by atoms with Crippen LogP contribution < -0.4 is 10.6 Å². The Labute approximate surface area is 113 Å². The molecule has 19 heavy (non-hydrogen) atoms. The Morgan fingerprint density at radius 2 is 1.84 bits per heavy atom. The van der Waals surface area contributed by atoms with Crippen LogP contribution in [0.15, 0.2) is 23.2 Å². The number of aliphatic imine (C=N–C) groups is 1. The van der Waals surface area contributed by atoms with Gasteiger partial charge >= 0.3 is 0 Å². The number of nitrogens with zero attached hydrogens (tertiary/aromatic N) is 1. The fourth-order valence-corrected chi connectivity index (χ4v) is 1.74. The van der Waals surface area contributed by atoms with Crippen molar-refractivity contribution in [3.63, 3.8) is 0 Å². The van der Waals surface area contributed by atoms with Gasteiger partial charge in [0.1, 0.15) is 11.6 Å². The highest BCUT2D eigenvalue weighted by molar-refractivity contribution is 5.79. The molecule has 0 amide bonds. The molecule has 0 aromatic heterocycles. The molecule has 1 aromatic rings. The summed E-state index contributed by atoms with van der Waals surface area (Å²) in [5.74, 6) is -0.471. The van der Waals surface area contributed by atoms with Gasteiger partial charge in [-0.15, -0.1) is 0 Å². The largest absolute Gasteiger partial charge is 0.357 e. The van der Waals surface area contributed by atoms with Gasteiger partial charge in [0, 0.05) is 31.6 Å². The molecule has 0 saturated carbocycles. The van der Waals surface area contributed by atoms with Crippen LogP contribution in [-0.4, -0.2) is 25.6 Å². The lowest BCUT2D eigenvalue weighted by atomic mass is 10.0. The highest BCUT2D eigenvalue weighted by atomic mass is 19.1. The predicted molar refractivity (Wildman–Crippen MR) is 74.4 cm³/mol. The molecule has 0 aliphatic carbocycles. The van der Waals surface area contributed by atoms with E-state index in [-0.39, 0.29) is 5.92 Å². The van der Waals surface area contributed by atoms with Gasteiger partial charge in [0.25, 0.3) is 0 Å². The number of hydrogen-bond donors (Lipinski definition) is 2. The molecule has 0 fully saturated rings. The molecule has 1 aromatic carbocycles. The Kier molecular flexibility index (Phi) is 6.25. The summed E-state index contributed by atoms with van der Waals surface area (Å²) in [6.45, 7) is 7.81. The second-order valence-electron chi connectivity index (χ2n) is 4.32. The first kappa shape index (κ1) is 15.4. The number of rotatable bonds is 5. The molecule has 2 N–H and O–H groups in total. The van der Waals surface area contributed by atoms with Crippen molar-refractivity contribution in [3.05, 3.63) is 35.4 Å². The van der Waals surface area contributed by atoms with Crippen LogP contribution in [0.5, 0.6) is 0 Å². The molecular formula is C14H21F2N3. The zero-order valence-electron chi connectivity index (χ0n) is 11.6. The summed E-state index contributed by atoms with van der Waals surface area (Å²) in [5, 5.41) is 6.20. The summed E-state index contributed by atoms with van der Waals surface area (Å²) in [6.07, 6.45) is 0. The smallest absolute Gasteiger partial charge is 0.191 e. The fourth-order valence-electron chi connectivity index (χ4n) is 1.74. The van der Waals surface area contributed by atoms with Gasteiger partial charge in [-0.25, -0.2) is 8.78 Å². The number of hydrogen-bond acceptors (Lipinski definition) is 1. The van der Waals surface area contributed by atoms with Gasteiger partial charge in [-0.2, -0.15) is 0 Å². The Hall–Kier alpha value is -1.65. The topological polar surface area (TPSA) is 36.4 Å². The minimum Gasteiger partial charge on any atom is -0.357 e. The molecule has 1 atom stereocenters. The van der Waals surface area contributed by atoms with Crippen molar-refractivity contribution in [3.8, 4) is 0 Å². The molecule has 1 rings (SSSR count). The lowest BCUT2D eigenvalue weighted by Gasteiger charge is -2.13. The van der Waals surface area contributed by atoms with E-state index in [1.54, 1.807) is 0 Å². The van der Waals surface area contributed by atoms with Crippen molar-refractivity contribution in [2.24, 2.45) is 4.99 Å². The maximum Gasteiger partial charge on any atom is 0.191 e. The van der Waals surface area contributed by atoms with Crippen LogP contribution in [-0.2, 0) is 0 Å². The van der Waals surface area contributed by atoms with Gasteiger partial charge in [-0.1, -0.05) is 13.0 Å². The van der Waals surface area contributed by atoms with E-state index in [1.165, 1.54) is 12.1 Å². The Balaban J connectivity index is 2.72. The Morgan fingerprint density at radius 3 is 2.37 bits per heavy atom. The Bertz CT molecular complexity index is 425. The summed E-state index contributed by atoms with van der Waals surface area (Å²) in [4.78, 5) is 4.38. The van der Waals surface area contributed by atoms with Crippen LogP contribution in [0.25, 0.3) is 0 Å². The summed E-state index contributed by atoms with van der Waals surface area (Å²) in [5.41, 5.74) is 0.484. The van der Waals surface area contributed by atoms with Gasteiger partial charge in [0.15, 0.2) is 5.96 Å². The first-order valence-electron chi connectivity index (χ1n) is 6.55. The van der Waals surface area contributed by atoms with Gasteiger partial charge in [0.2, 0.25) is 0 Å². The van der Waals surface area contributed by atoms with Gasteiger partial charge in [-0.3, -0.25) is 4.99 Å². The van der Waals surface area contributed by atoms with Crippen molar-refractivity contribution in [2.45, 2.75) is 26.7 Å². The molecule has 5 heteroatoms. The first-order valence-corrected chi connectivity index (χ1v) is 6.55. The van der Waals surface area contributed by atoms with E-state index >= 15 is 0 Å². The quantitative estimate of drug-likeness (QED) is 0.637. The molecule has 0 radical (unpaired) electrons. The van der Waals surface area contributed by atoms with Crippen molar-refractivity contribution in [1.29, 1.82) is 0 Å². The molecule has 1 unspecified atom stereocenters. The van der Waals surface area contributed by atoms with Crippen molar-refractivity contribution in [1.82, 2.24) is 10.6 Å². The maximum atomic E-state index is 13.6. The lowest BCUT2D eigenvalue weighted by molar-refractivity contribution is 0.560. The molecule has 0 heterocycles.